The lowest BCUT2D eigenvalue weighted by atomic mass is 10.2. The largest absolute Gasteiger partial charge is 0.416 e. The Balaban J connectivity index is 2.24. The molecule has 26 heavy (non-hydrogen) atoms. The molecule has 6 nitrogen and oxygen atoms in total. The van der Waals surface area contributed by atoms with Crippen molar-refractivity contribution < 1.29 is 31.1 Å². The van der Waals surface area contributed by atoms with Gasteiger partial charge < -0.3 is 10.1 Å². The van der Waals surface area contributed by atoms with E-state index in [2.05, 4.69) is 14.8 Å². The molecule has 0 aliphatic heterocycles. The van der Waals surface area contributed by atoms with Gasteiger partial charge in [-0.05, 0) is 36.4 Å². The number of alkyl halides is 3. The van der Waals surface area contributed by atoms with Gasteiger partial charge in [0.25, 0.3) is 10.0 Å². The number of ether oxygens (including phenoxy) is 1. The highest BCUT2D eigenvalue weighted by Crippen LogP contribution is 2.31. The van der Waals surface area contributed by atoms with Crippen LogP contribution in [0.5, 0.6) is 0 Å². The van der Waals surface area contributed by atoms with Crippen LogP contribution in [0.3, 0.4) is 0 Å². The van der Waals surface area contributed by atoms with Gasteiger partial charge in [-0.3, -0.25) is 9.52 Å². The monoisotopic (exact) mass is 388 g/mol. The summed E-state index contributed by atoms with van der Waals surface area (Å²) in [7, 11) is -2.81. The van der Waals surface area contributed by atoms with Gasteiger partial charge in [-0.25, -0.2) is 8.42 Å². The van der Waals surface area contributed by atoms with Crippen molar-refractivity contribution in [2.75, 3.05) is 23.8 Å². The van der Waals surface area contributed by atoms with Crippen molar-refractivity contribution in [2.24, 2.45) is 0 Å². The van der Waals surface area contributed by atoms with Crippen molar-refractivity contribution in [3.8, 4) is 0 Å². The minimum Gasteiger partial charge on any atom is -0.375 e. The van der Waals surface area contributed by atoms with Gasteiger partial charge in [0.15, 0.2) is 0 Å². The van der Waals surface area contributed by atoms with Gasteiger partial charge in [-0.1, -0.05) is 12.1 Å². The third-order valence-corrected chi connectivity index (χ3v) is 4.52. The summed E-state index contributed by atoms with van der Waals surface area (Å²) in [5, 5.41) is 2.44. The zero-order chi connectivity index (χ0) is 19.4. The molecule has 0 fully saturated rings. The van der Waals surface area contributed by atoms with Crippen LogP contribution in [-0.4, -0.2) is 28.0 Å². The Morgan fingerprint density at radius 2 is 1.73 bits per heavy atom. The molecular formula is C16H15F3N2O4S. The summed E-state index contributed by atoms with van der Waals surface area (Å²) in [6.45, 7) is -0.209. The second-order valence-corrected chi connectivity index (χ2v) is 6.88. The molecule has 0 unspecified atom stereocenters. The van der Waals surface area contributed by atoms with Crippen molar-refractivity contribution in [1.82, 2.24) is 0 Å². The number of carbonyl (C=O) groups excluding carboxylic acids is 1. The quantitative estimate of drug-likeness (QED) is 0.797. The maximum absolute atomic E-state index is 12.7. The van der Waals surface area contributed by atoms with E-state index in [1.165, 1.54) is 37.4 Å². The first-order valence-electron chi connectivity index (χ1n) is 7.21. The number of rotatable bonds is 6. The van der Waals surface area contributed by atoms with E-state index in [9.17, 15) is 26.4 Å². The third kappa shape index (κ3) is 5.20. The molecule has 1 amide bonds. The number of halogens is 3. The lowest BCUT2D eigenvalue weighted by Crippen LogP contribution is -2.18. The van der Waals surface area contributed by atoms with Crippen LogP contribution in [0.4, 0.5) is 24.5 Å². The molecule has 0 saturated heterocycles. The van der Waals surface area contributed by atoms with Crippen LogP contribution in [0.1, 0.15) is 5.56 Å². The Labute approximate surface area is 148 Å². The first-order valence-corrected chi connectivity index (χ1v) is 8.69. The van der Waals surface area contributed by atoms with Crippen molar-refractivity contribution in [3.63, 3.8) is 0 Å². The average Bonchev–Trinajstić information content (AvgIpc) is 2.54. The summed E-state index contributed by atoms with van der Waals surface area (Å²) in [6.07, 6.45) is -4.59. The van der Waals surface area contributed by atoms with E-state index in [0.717, 1.165) is 12.1 Å². The van der Waals surface area contributed by atoms with E-state index in [1.807, 2.05) is 0 Å². The van der Waals surface area contributed by atoms with Gasteiger partial charge >= 0.3 is 6.18 Å². The molecule has 140 valence electrons. The summed E-state index contributed by atoms with van der Waals surface area (Å²) in [5.41, 5.74) is -0.995. The van der Waals surface area contributed by atoms with E-state index in [1.54, 1.807) is 0 Å². The lowest BCUT2D eigenvalue weighted by molar-refractivity contribution is -0.137. The number of amides is 1. The Hall–Kier alpha value is -2.59. The second-order valence-electron chi connectivity index (χ2n) is 5.19. The van der Waals surface area contributed by atoms with Gasteiger partial charge in [0.05, 0.1) is 10.5 Å². The number of carbonyl (C=O) groups is 1. The van der Waals surface area contributed by atoms with Crippen LogP contribution < -0.4 is 10.0 Å². The van der Waals surface area contributed by atoms with E-state index in [4.69, 9.17) is 0 Å². The molecule has 0 radical (unpaired) electrons. The molecule has 2 aromatic carbocycles. The number of anilines is 2. The molecule has 2 N–H and O–H groups in total. The van der Waals surface area contributed by atoms with E-state index in [-0.39, 0.29) is 22.9 Å². The van der Waals surface area contributed by atoms with Crippen LogP contribution in [-0.2, 0) is 25.7 Å². The fourth-order valence-corrected chi connectivity index (χ4v) is 3.14. The number of hydrogen-bond acceptors (Lipinski definition) is 4. The number of methoxy groups -OCH3 is 1. The molecule has 0 atom stereocenters. The standard InChI is InChI=1S/C16H15F3N2O4S/c1-25-10-15(22)20-12-5-3-7-14(9-12)26(23,24)21-13-6-2-4-11(8-13)16(17,18)19/h2-9,21H,10H2,1H3,(H,20,22). The predicted molar refractivity (Wildman–Crippen MR) is 89.2 cm³/mol. The zero-order valence-corrected chi connectivity index (χ0v) is 14.3. The second kappa shape index (κ2) is 7.75. The molecule has 0 bridgehead atoms. The molecule has 0 aliphatic carbocycles. The molecule has 0 spiro atoms. The zero-order valence-electron chi connectivity index (χ0n) is 13.5. The Morgan fingerprint density at radius 3 is 2.38 bits per heavy atom. The van der Waals surface area contributed by atoms with Gasteiger partial charge in [0, 0.05) is 18.5 Å². The van der Waals surface area contributed by atoms with Gasteiger partial charge in [0.2, 0.25) is 5.91 Å². The van der Waals surface area contributed by atoms with E-state index < -0.39 is 27.7 Å². The smallest absolute Gasteiger partial charge is 0.375 e. The van der Waals surface area contributed by atoms with Crippen LogP contribution >= 0.6 is 0 Å². The van der Waals surface area contributed by atoms with Crippen LogP contribution in [0, 0.1) is 0 Å². The highest BCUT2D eigenvalue weighted by atomic mass is 32.2. The third-order valence-electron chi connectivity index (χ3n) is 3.15. The Kier molecular flexibility index (Phi) is 5.88. The van der Waals surface area contributed by atoms with Crippen LogP contribution in [0.15, 0.2) is 53.4 Å². The minimum absolute atomic E-state index is 0.207. The molecule has 10 heteroatoms. The predicted octanol–water partition coefficient (Wildman–Crippen LogP) is 3.09. The molecule has 2 aromatic rings. The molecular weight excluding hydrogens is 373 g/mol. The Bertz CT molecular complexity index is 898. The molecule has 0 aliphatic rings. The minimum atomic E-state index is -4.59. The SMILES string of the molecule is COCC(=O)Nc1cccc(S(=O)(=O)Nc2cccc(C(F)(F)F)c2)c1. The van der Waals surface area contributed by atoms with Crippen molar-refractivity contribution in [3.05, 3.63) is 54.1 Å². The summed E-state index contributed by atoms with van der Waals surface area (Å²) >= 11 is 0. The summed E-state index contributed by atoms with van der Waals surface area (Å²) in [5.74, 6) is -0.479. The summed E-state index contributed by atoms with van der Waals surface area (Å²) in [4.78, 5) is 11.3. The summed E-state index contributed by atoms with van der Waals surface area (Å²) < 4.78 is 69.7. The topological polar surface area (TPSA) is 84.5 Å². The van der Waals surface area contributed by atoms with Crippen LogP contribution in [0.25, 0.3) is 0 Å². The fraction of sp³-hybridized carbons (Fsp3) is 0.188. The van der Waals surface area contributed by atoms with Gasteiger partial charge in [0.1, 0.15) is 6.61 Å². The maximum Gasteiger partial charge on any atom is 0.416 e. The number of hydrogen-bond donors (Lipinski definition) is 2. The summed E-state index contributed by atoms with van der Waals surface area (Å²) in [6, 6.07) is 9.13. The normalized spacial score (nSPS) is 11.8. The van der Waals surface area contributed by atoms with E-state index >= 15 is 0 Å². The van der Waals surface area contributed by atoms with Crippen LogP contribution in [0.2, 0.25) is 0 Å². The van der Waals surface area contributed by atoms with E-state index in [0.29, 0.717) is 6.07 Å². The molecule has 2 rings (SSSR count). The van der Waals surface area contributed by atoms with Crippen molar-refractivity contribution >= 4 is 27.3 Å². The number of benzene rings is 2. The fourth-order valence-electron chi connectivity index (χ4n) is 2.04. The Morgan fingerprint density at radius 1 is 1.08 bits per heavy atom. The first kappa shape index (κ1) is 19.7. The number of sulfonamides is 1. The highest BCUT2D eigenvalue weighted by Gasteiger charge is 2.30. The van der Waals surface area contributed by atoms with Gasteiger partial charge in [-0.15, -0.1) is 0 Å². The molecule has 0 aromatic heterocycles. The maximum atomic E-state index is 12.7. The molecule has 0 saturated carbocycles. The van der Waals surface area contributed by atoms with Gasteiger partial charge in [-0.2, -0.15) is 13.2 Å². The lowest BCUT2D eigenvalue weighted by Gasteiger charge is -2.12. The van der Waals surface area contributed by atoms with Crippen molar-refractivity contribution in [2.45, 2.75) is 11.1 Å². The van der Waals surface area contributed by atoms with Crippen molar-refractivity contribution in [1.29, 1.82) is 0 Å². The molecule has 0 heterocycles. The average molecular weight is 388 g/mol. The highest BCUT2D eigenvalue weighted by molar-refractivity contribution is 7.92. The first-order chi connectivity index (χ1) is 12.1. The number of nitrogens with one attached hydrogen (secondary N) is 2.